The zero-order valence-corrected chi connectivity index (χ0v) is 13.8. The van der Waals surface area contributed by atoms with Crippen molar-refractivity contribution in [3.05, 3.63) is 115 Å². The van der Waals surface area contributed by atoms with Crippen LogP contribution in [0.2, 0.25) is 0 Å². The summed E-state index contributed by atoms with van der Waals surface area (Å²) in [6, 6.07) is 34.6. The van der Waals surface area contributed by atoms with Gasteiger partial charge in [0, 0.05) is 6.42 Å². The molecule has 0 heterocycles. The Morgan fingerprint density at radius 2 is 0.960 bits per heavy atom. The lowest BCUT2D eigenvalue weighted by Gasteiger charge is -2.14. The Morgan fingerprint density at radius 1 is 0.400 bits per heavy atom. The van der Waals surface area contributed by atoms with Crippen molar-refractivity contribution in [1.29, 1.82) is 0 Å². The van der Waals surface area contributed by atoms with Gasteiger partial charge in [-0.1, -0.05) is 97.1 Å². The highest BCUT2D eigenvalue weighted by molar-refractivity contribution is 5.97. The van der Waals surface area contributed by atoms with Crippen molar-refractivity contribution >= 4 is 0 Å². The molecule has 0 fully saturated rings. The second-order valence-corrected chi connectivity index (χ2v) is 6.41. The molecule has 1 aliphatic carbocycles. The maximum absolute atomic E-state index is 2.33. The van der Waals surface area contributed by atoms with Crippen LogP contribution >= 0.6 is 0 Å². The molecule has 0 heteroatoms. The van der Waals surface area contributed by atoms with Gasteiger partial charge in [-0.05, 0) is 44.5 Å². The van der Waals surface area contributed by atoms with Gasteiger partial charge in [-0.15, -0.1) is 0 Å². The van der Waals surface area contributed by atoms with Crippen LogP contribution in [0.3, 0.4) is 0 Å². The molecule has 0 spiro atoms. The molecule has 0 saturated heterocycles. The van der Waals surface area contributed by atoms with Crippen LogP contribution in [0.5, 0.6) is 0 Å². The van der Waals surface area contributed by atoms with Crippen LogP contribution in [0.15, 0.2) is 97.1 Å². The van der Waals surface area contributed by atoms with Gasteiger partial charge in [-0.25, -0.2) is 0 Å². The smallest absolute Gasteiger partial charge is 0.0218 e. The average molecular weight is 317 g/mol. The van der Waals surface area contributed by atoms with Crippen molar-refractivity contribution in [1.82, 2.24) is 0 Å². The molecule has 4 aromatic rings. The summed E-state index contributed by atoms with van der Waals surface area (Å²) in [5, 5.41) is 0. The molecule has 0 amide bonds. The van der Waals surface area contributed by atoms with Crippen LogP contribution in [-0.4, -0.2) is 0 Å². The molecule has 0 nitrogen and oxygen atoms in total. The summed E-state index contributed by atoms with van der Waals surface area (Å²) in [5.74, 6) is 0. The predicted octanol–water partition coefficient (Wildman–Crippen LogP) is 6.60. The van der Waals surface area contributed by atoms with Gasteiger partial charge < -0.3 is 0 Å². The number of rotatable bonds is 2. The lowest BCUT2D eigenvalue weighted by atomic mass is 9.89. The Balaban J connectivity index is 1.81. The highest BCUT2D eigenvalue weighted by Gasteiger charge is 2.25. The molecule has 5 rings (SSSR count). The quantitative estimate of drug-likeness (QED) is 0.344. The van der Waals surface area contributed by atoms with Crippen LogP contribution < -0.4 is 0 Å². The van der Waals surface area contributed by atoms with Crippen molar-refractivity contribution < 1.29 is 0 Å². The van der Waals surface area contributed by atoms with Crippen LogP contribution in [0.4, 0.5) is 0 Å². The largest absolute Gasteiger partial charge is 0.0622 e. The Hall–Kier alpha value is -3.12. The van der Waals surface area contributed by atoms with E-state index in [1.54, 1.807) is 0 Å². The summed E-state index contributed by atoms with van der Waals surface area (Å²) in [6.07, 6.45) is 2.33. The van der Waals surface area contributed by atoms with E-state index in [0.717, 1.165) is 0 Å². The van der Waals surface area contributed by atoms with Crippen LogP contribution in [0.1, 0.15) is 11.1 Å². The van der Waals surface area contributed by atoms with E-state index in [1.807, 2.05) is 0 Å². The van der Waals surface area contributed by atoms with Gasteiger partial charge in [0.2, 0.25) is 0 Å². The summed E-state index contributed by atoms with van der Waals surface area (Å²) in [6.45, 7) is 0. The lowest BCUT2D eigenvalue weighted by Crippen LogP contribution is -1.90. The third-order valence-electron chi connectivity index (χ3n) is 4.95. The first-order valence-corrected chi connectivity index (χ1v) is 8.64. The fraction of sp³-hybridized carbons (Fsp3) is 0. The van der Waals surface area contributed by atoms with Crippen molar-refractivity contribution in [3.8, 4) is 33.4 Å². The van der Waals surface area contributed by atoms with Gasteiger partial charge in [0.15, 0.2) is 0 Å². The molecule has 0 atom stereocenters. The first kappa shape index (κ1) is 14.2. The minimum Gasteiger partial charge on any atom is -0.0622 e. The molecule has 1 aliphatic rings. The number of hydrogen-bond acceptors (Lipinski definition) is 0. The van der Waals surface area contributed by atoms with Gasteiger partial charge in [-0.2, -0.15) is 0 Å². The first-order valence-electron chi connectivity index (χ1n) is 8.64. The van der Waals surface area contributed by atoms with Crippen LogP contribution in [0.25, 0.3) is 33.4 Å². The summed E-state index contributed by atoms with van der Waals surface area (Å²) < 4.78 is 0. The van der Waals surface area contributed by atoms with E-state index in [4.69, 9.17) is 0 Å². The predicted molar refractivity (Wildman–Crippen MR) is 105 cm³/mol. The van der Waals surface area contributed by atoms with E-state index in [1.165, 1.54) is 44.5 Å². The molecule has 117 valence electrons. The Kier molecular flexibility index (Phi) is 3.28. The Labute approximate surface area is 148 Å². The summed E-state index contributed by atoms with van der Waals surface area (Å²) >= 11 is 0. The van der Waals surface area contributed by atoms with Gasteiger partial charge in [0.05, 0.1) is 0 Å². The highest BCUT2D eigenvalue weighted by atomic mass is 14.3. The maximum atomic E-state index is 2.33. The summed E-state index contributed by atoms with van der Waals surface area (Å²) in [5.41, 5.74) is 10.4. The standard InChI is InChI=1S/C25H17/c1-3-9-18(10-4-1)21-15-16-23(19-11-5-2-6-12-19)25-22-14-8-7-13-20(22)17-24(21)25/h1-17H. The van der Waals surface area contributed by atoms with Crippen LogP contribution in [0, 0.1) is 6.42 Å². The van der Waals surface area contributed by atoms with Crippen molar-refractivity contribution in [2.24, 2.45) is 0 Å². The molecule has 4 aromatic carbocycles. The van der Waals surface area contributed by atoms with E-state index in [-0.39, 0.29) is 0 Å². The molecule has 0 saturated carbocycles. The highest BCUT2D eigenvalue weighted by Crippen LogP contribution is 2.47. The monoisotopic (exact) mass is 317 g/mol. The van der Waals surface area contributed by atoms with E-state index >= 15 is 0 Å². The topological polar surface area (TPSA) is 0 Å². The maximum Gasteiger partial charge on any atom is 0.0218 e. The fourth-order valence-electron chi connectivity index (χ4n) is 3.79. The third-order valence-corrected chi connectivity index (χ3v) is 4.95. The molecule has 0 aromatic heterocycles. The SMILES string of the molecule is [CH]1c2ccccc2-c2c(-c3ccccc3)ccc(-c3ccccc3)c21. The Bertz CT molecular complexity index is 1040. The van der Waals surface area contributed by atoms with Gasteiger partial charge in [-0.3, -0.25) is 0 Å². The zero-order valence-electron chi connectivity index (χ0n) is 13.8. The minimum atomic E-state index is 1.27. The third kappa shape index (κ3) is 2.30. The van der Waals surface area contributed by atoms with Crippen molar-refractivity contribution in [2.75, 3.05) is 0 Å². The molecule has 0 bridgehead atoms. The second kappa shape index (κ2) is 5.75. The van der Waals surface area contributed by atoms with Crippen molar-refractivity contribution in [3.63, 3.8) is 0 Å². The Morgan fingerprint density at radius 3 is 1.68 bits per heavy atom. The van der Waals surface area contributed by atoms with Gasteiger partial charge in [0.25, 0.3) is 0 Å². The van der Waals surface area contributed by atoms with E-state index in [9.17, 15) is 0 Å². The summed E-state index contributed by atoms with van der Waals surface area (Å²) in [7, 11) is 0. The first-order chi connectivity index (χ1) is 12.4. The molecular formula is C25H17. The number of benzene rings is 4. The molecule has 25 heavy (non-hydrogen) atoms. The van der Waals surface area contributed by atoms with E-state index in [0.29, 0.717) is 0 Å². The van der Waals surface area contributed by atoms with Crippen LogP contribution in [-0.2, 0) is 0 Å². The molecule has 1 radical (unpaired) electrons. The number of hydrogen-bond donors (Lipinski definition) is 0. The molecule has 0 unspecified atom stereocenters. The number of fused-ring (bicyclic) bond motifs is 3. The second-order valence-electron chi connectivity index (χ2n) is 6.41. The lowest BCUT2D eigenvalue weighted by molar-refractivity contribution is 1.52. The van der Waals surface area contributed by atoms with Gasteiger partial charge >= 0.3 is 0 Å². The molecule has 0 aliphatic heterocycles. The summed E-state index contributed by atoms with van der Waals surface area (Å²) in [4.78, 5) is 0. The minimum absolute atomic E-state index is 1.27. The van der Waals surface area contributed by atoms with E-state index < -0.39 is 0 Å². The van der Waals surface area contributed by atoms with Crippen molar-refractivity contribution in [2.45, 2.75) is 0 Å². The van der Waals surface area contributed by atoms with Gasteiger partial charge in [0.1, 0.15) is 0 Å². The molecule has 0 N–H and O–H groups in total. The molecular weight excluding hydrogens is 300 g/mol. The average Bonchev–Trinajstić information content (AvgIpc) is 3.08. The fourth-order valence-corrected chi connectivity index (χ4v) is 3.79. The van der Waals surface area contributed by atoms with E-state index in [2.05, 4.69) is 103 Å². The normalized spacial score (nSPS) is 11.8. The zero-order chi connectivity index (χ0) is 16.6.